The lowest BCUT2D eigenvalue weighted by Gasteiger charge is -2.33. The van der Waals surface area contributed by atoms with E-state index in [-0.39, 0.29) is 0 Å². The first-order valence-corrected chi connectivity index (χ1v) is 5.95. The summed E-state index contributed by atoms with van der Waals surface area (Å²) in [6, 6.07) is 4.76. The Morgan fingerprint density at radius 3 is 3.19 bits per heavy atom. The number of pyridine rings is 1. The fraction of sp³-hybridized carbons (Fsp3) is 0.583. The number of piperidine rings is 1. The van der Waals surface area contributed by atoms with Gasteiger partial charge in [0.15, 0.2) is 0 Å². The van der Waals surface area contributed by atoms with Crippen molar-refractivity contribution >= 4 is 5.82 Å². The molecule has 1 atom stereocenters. The van der Waals surface area contributed by atoms with Crippen LogP contribution in [0.5, 0.6) is 0 Å². The largest absolute Gasteiger partial charge is 0.308 e. The Balaban J connectivity index is 2.01. The maximum atomic E-state index is 5.35. The highest BCUT2D eigenvalue weighted by atomic mass is 15.2. The number of nitrogens with two attached hydrogens (primary N) is 1. The molecule has 4 nitrogen and oxygen atoms in total. The highest BCUT2D eigenvalue weighted by molar-refractivity contribution is 5.35. The van der Waals surface area contributed by atoms with E-state index in [1.165, 1.54) is 31.4 Å². The monoisotopic (exact) mass is 220 g/mol. The Kier molecular flexibility index (Phi) is 3.74. The third-order valence-corrected chi connectivity index (χ3v) is 3.30. The van der Waals surface area contributed by atoms with Gasteiger partial charge in [0.2, 0.25) is 0 Å². The molecule has 1 fully saturated rings. The summed E-state index contributed by atoms with van der Waals surface area (Å²) in [5.41, 5.74) is 3.86. The lowest BCUT2D eigenvalue weighted by molar-refractivity contribution is 0.152. The second kappa shape index (κ2) is 5.27. The zero-order valence-electron chi connectivity index (χ0n) is 9.82. The molecule has 0 amide bonds. The van der Waals surface area contributed by atoms with Gasteiger partial charge < -0.3 is 5.43 Å². The molecular weight excluding hydrogens is 200 g/mol. The maximum Gasteiger partial charge on any atom is 0.140 e. The molecule has 0 saturated carbocycles. The van der Waals surface area contributed by atoms with Gasteiger partial charge in [0.05, 0.1) is 0 Å². The van der Waals surface area contributed by atoms with Gasteiger partial charge in [-0.3, -0.25) is 4.90 Å². The molecule has 3 N–H and O–H groups in total. The molecule has 1 unspecified atom stereocenters. The number of nitrogen functional groups attached to an aromatic ring is 1. The number of hydrogen-bond acceptors (Lipinski definition) is 4. The molecule has 0 aliphatic carbocycles. The van der Waals surface area contributed by atoms with Crippen molar-refractivity contribution in [3.05, 3.63) is 23.9 Å². The van der Waals surface area contributed by atoms with E-state index >= 15 is 0 Å². The van der Waals surface area contributed by atoms with Gasteiger partial charge in [0.25, 0.3) is 0 Å². The van der Waals surface area contributed by atoms with Crippen molar-refractivity contribution in [3.63, 3.8) is 0 Å². The van der Waals surface area contributed by atoms with Crippen LogP contribution in [0.2, 0.25) is 0 Å². The fourth-order valence-electron chi connectivity index (χ4n) is 2.28. The predicted octanol–water partition coefficient (Wildman–Crippen LogP) is 1.74. The van der Waals surface area contributed by atoms with Gasteiger partial charge >= 0.3 is 0 Å². The zero-order valence-corrected chi connectivity index (χ0v) is 9.82. The lowest BCUT2D eigenvalue weighted by Crippen LogP contribution is -2.36. The first-order chi connectivity index (χ1) is 7.79. The molecule has 88 valence electrons. The van der Waals surface area contributed by atoms with Crippen LogP contribution in [0, 0.1) is 0 Å². The van der Waals surface area contributed by atoms with Gasteiger partial charge in [-0.2, -0.15) is 0 Å². The van der Waals surface area contributed by atoms with Crippen molar-refractivity contribution in [2.45, 2.75) is 38.8 Å². The van der Waals surface area contributed by atoms with Crippen LogP contribution in [0.25, 0.3) is 0 Å². The number of likely N-dealkylation sites (tertiary alicyclic amines) is 1. The van der Waals surface area contributed by atoms with Crippen molar-refractivity contribution in [2.24, 2.45) is 5.84 Å². The predicted molar refractivity (Wildman–Crippen MR) is 65.8 cm³/mol. The number of rotatable bonds is 3. The van der Waals surface area contributed by atoms with E-state index < -0.39 is 0 Å². The van der Waals surface area contributed by atoms with Crippen LogP contribution >= 0.6 is 0 Å². The standard InChI is InChI=1S/C12H20N4/c1-10-4-2-3-7-16(10)9-11-5-6-14-12(8-11)15-13/h5-6,8,10H,2-4,7,9,13H2,1H3,(H,14,15). The summed E-state index contributed by atoms with van der Waals surface area (Å²) in [6.45, 7) is 4.51. The summed E-state index contributed by atoms with van der Waals surface area (Å²) in [4.78, 5) is 6.64. The van der Waals surface area contributed by atoms with Gasteiger partial charge in [0, 0.05) is 18.8 Å². The molecular formula is C12H20N4. The van der Waals surface area contributed by atoms with Gasteiger partial charge in [-0.05, 0) is 44.0 Å². The van der Waals surface area contributed by atoms with E-state index in [4.69, 9.17) is 5.84 Å². The molecule has 1 saturated heterocycles. The molecule has 1 aliphatic rings. The summed E-state index contributed by atoms with van der Waals surface area (Å²) < 4.78 is 0. The van der Waals surface area contributed by atoms with E-state index in [1.54, 1.807) is 6.20 Å². The van der Waals surface area contributed by atoms with Crippen LogP contribution < -0.4 is 11.3 Å². The van der Waals surface area contributed by atoms with Crippen molar-refractivity contribution in [3.8, 4) is 0 Å². The molecule has 0 aromatic carbocycles. The minimum absolute atomic E-state index is 0.691. The number of nitrogens with zero attached hydrogens (tertiary/aromatic N) is 2. The summed E-state index contributed by atoms with van der Waals surface area (Å²) >= 11 is 0. The Morgan fingerprint density at radius 2 is 2.44 bits per heavy atom. The van der Waals surface area contributed by atoms with Gasteiger partial charge in [-0.25, -0.2) is 10.8 Å². The van der Waals surface area contributed by atoms with Gasteiger partial charge in [-0.1, -0.05) is 6.42 Å². The molecule has 2 rings (SSSR count). The number of nitrogens with one attached hydrogen (secondary N) is 1. The van der Waals surface area contributed by atoms with Crippen LogP contribution in [0.3, 0.4) is 0 Å². The number of anilines is 1. The van der Waals surface area contributed by atoms with E-state index in [0.717, 1.165) is 12.4 Å². The SMILES string of the molecule is CC1CCCCN1Cc1ccnc(NN)c1. The highest BCUT2D eigenvalue weighted by Crippen LogP contribution is 2.19. The summed E-state index contributed by atoms with van der Waals surface area (Å²) in [5, 5.41) is 0. The van der Waals surface area contributed by atoms with Crippen LogP contribution in [0.1, 0.15) is 31.7 Å². The topological polar surface area (TPSA) is 54.2 Å². The molecule has 2 heterocycles. The number of hydrazine groups is 1. The second-order valence-corrected chi connectivity index (χ2v) is 4.51. The lowest BCUT2D eigenvalue weighted by atomic mass is 10.0. The van der Waals surface area contributed by atoms with Crippen molar-refractivity contribution in [1.82, 2.24) is 9.88 Å². The Labute approximate surface area is 96.8 Å². The molecule has 16 heavy (non-hydrogen) atoms. The second-order valence-electron chi connectivity index (χ2n) is 4.51. The van der Waals surface area contributed by atoms with Crippen LogP contribution in [0.15, 0.2) is 18.3 Å². The first kappa shape index (κ1) is 11.4. The average molecular weight is 220 g/mol. The minimum Gasteiger partial charge on any atom is -0.308 e. The van der Waals surface area contributed by atoms with E-state index in [2.05, 4.69) is 28.3 Å². The summed E-state index contributed by atoms with van der Waals surface area (Å²) in [7, 11) is 0. The summed E-state index contributed by atoms with van der Waals surface area (Å²) in [6.07, 6.45) is 5.80. The minimum atomic E-state index is 0.691. The number of hydrogen-bond donors (Lipinski definition) is 2. The normalized spacial score (nSPS) is 22.0. The van der Waals surface area contributed by atoms with Crippen molar-refractivity contribution in [1.29, 1.82) is 0 Å². The number of aromatic nitrogens is 1. The molecule has 4 heteroatoms. The van der Waals surface area contributed by atoms with Crippen molar-refractivity contribution < 1.29 is 0 Å². The van der Waals surface area contributed by atoms with Crippen LogP contribution in [-0.2, 0) is 6.54 Å². The van der Waals surface area contributed by atoms with Crippen LogP contribution in [-0.4, -0.2) is 22.5 Å². The third kappa shape index (κ3) is 2.71. The Hall–Kier alpha value is -1.13. The molecule has 0 radical (unpaired) electrons. The molecule has 0 spiro atoms. The van der Waals surface area contributed by atoms with E-state index in [9.17, 15) is 0 Å². The fourth-order valence-corrected chi connectivity index (χ4v) is 2.28. The average Bonchev–Trinajstić information content (AvgIpc) is 2.32. The zero-order chi connectivity index (χ0) is 11.4. The van der Waals surface area contributed by atoms with Crippen molar-refractivity contribution in [2.75, 3.05) is 12.0 Å². The van der Waals surface area contributed by atoms with E-state index in [0.29, 0.717) is 6.04 Å². The molecule has 1 aliphatic heterocycles. The van der Waals surface area contributed by atoms with Gasteiger partial charge in [0.1, 0.15) is 5.82 Å². The van der Waals surface area contributed by atoms with E-state index in [1.807, 2.05) is 6.07 Å². The Bertz CT molecular complexity index is 340. The summed E-state index contributed by atoms with van der Waals surface area (Å²) in [5.74, 6) is 6.09. The maximum absolute atomic E-state index is 5.35. The first-order valence-electron chi connectivity index (χ1n) is 5.95. The quantitative estimate of drug-likeness (QED) is 0.602. The molecule has 1 aromatic rings. The molecule has 0 bridgehead atoms. The van der Waals surface area contributed by atoms with Gasteiger partial charge in [-0.15, -0.1) is 0 Å². The third-order valence-electron chi connectivity index (χ3n) is 3.30. The Morgan fingerprint density at radius 1 is 1.56 bits per heavy atom. The molecule has 1 aromatic heterocycles. The highest BCUT2D eigenvalue weighted by Gasteiger charge is 2.17. The van der Waals surface area contributed by atoms with Crippen LogP contribution in [0.4, 0.5) is 5.82 Å². The smallest absolute Gasteiger partial charge is 0.140 e.